The van der Waals surface area contributed by atoms with Crippen LogP contribution in [0.15, 0.2) is 60.0 Å². The van der Waals surface area contributed by atoms with Gasteiger partial charge in [0.15, 0.2) is 15.5 Å². The van der Waals surface area contributed by atoms with Gasteiger partial charge in [-0.05, 0) is 31.5 Å². The Morgan fingerprint density at radius 1 is 1.13 bits per heavy atom. The summed E-state index contributed by atoms with van der Waals surface area (Å²) in [6.45, 7) is 1.87. The van der Waals surface area contributed by atoms with E-state index in [2.05, 4.69) is 15.1 Å². The molecule has 1 N–H and O–H groups in total. The number of hydrogen-bond donors (Lipinski definition) is 1. The predicted octanol–water partition coefficient (Wildman–Crippen LogP) is 3.77. The Kier molecular flexibility index (Phi) is 6.01. The second-order valence-corrected chi connectivity index (χ2v) is 15.0. The van der Waals surface area contributed by atoms with E-state index in [1.165, 1.54) is 16.4 Å². The molecule has 1 aliphatic rings. The molecule has 202 valence electrons. The molecular weight excluding hydrogens is 582 g/mol. The van der Waals surface area contributed by atoms with Crippen LogP contribution in [0.5, 0.6) is 0 Å². The van der Waals surface area contributed by atoms with E-state index in [4.69, 9.17) is 11.6 Å². The summed E-state index contributed by atoms with van der Waals surface area (Å²) in [4.78, 5) is 9.41. The Labute approximate surface area is 233 Å². The van der Waals surface area contributed by atoms with Crippen molar-refractivity contribution in [2.45, 2.75) is 23.8 Å². The number of thiazole rings is 1. The fourth-order valence-corrected chi connectivity index (χ4v) is 9.56. The van der Waals surface area contributed by atoms with E-state index in [-0.39, 0.29) is 32.7 Å². The zero-order valence-corrected chi connectivity index (χ0v) is 23.9. The van der Waals surface area contributed by atoms with Gasteiger partial charge in [-0.25, -0.2) is 30.8 Å². The standard InChI is InChI=1S/C25H22ClN5O5S3/c1-15-3-5-17(6-4-15)39(35,36)31-20(16-10-29-30(2)13-16)9-18-22(19(26)11-27-23(18)31)21-12-28-24(37-21)25(32)7-8-38(33,34)14-25/h3-6,9-13,32H,7-8,14H2,1-2H3. The Bertz CT molecular complexity index is 1980. The average molecular weight is 604 g/mol. The van der Waals surface area contributed by atoms with Crippen LogP contribution in [-0.2, 0) is 32.5 Å². The molecular formula is C25H22ClN5O5S3. The lowest BCUT2D eigenvalue weighted by Gasteiger charge is -2.16. The van der Waals surface area contributed by atoms with E-state index in [1.807, 2.05) is 6.92 Å². The van der Waals surface area contributed by atoms with Crippen LogP contribution in [-0.4, -0.2) is 57.2 Å². The molecule has 1 unspecified atom stereocenters. The molecule has 14 heteroatoms. The maximum absolute atomic E-state index is 14.0. The minimum absolute atomic E-state index is 0.0537. The van der Waals surface area contributed by atoms with Crippen molar-refractivity contribution in [1.82, 2.24) is 23.7 Å². The van der Waals surface area contributed by atoms with Gasteiger partial charge in [-0.15, -0.1) is 11.3 Å². The summed E-state index contributed by atoms with van der Waals surface area (Å²) in [5.74, 6) is -0.518. The lowest BCUT2D eigenvalue weighted by molar-refractivity contribution is 0.0650. The highest BCUT2D eigenvalue weighted by Gasteiger charge is 2.44. The van der Waals surface area contributed by atoms with Crippen LogP contribution in [0, 0.1) is 6.92 Å². The van der Waals surface area contributed by atoms with Crippen molar-refractivity contribution in [3.63, 3.8) is 0 Å². The van der Waals surface area contributed by atoms with Crippen LogP contribution >= 0.6 is 22.9 Å². The number of sulfone groups is 1. The number of aliphatic hydroxyl groups is 1. The molecule has 6 rings (SSSR count). The Balaban J connectivity index is 1.59. The molecule has 0 saturated carbocycles. The summed E-state index contributed by atoms with van der Waals surface area (Å²) in [5.41, 5.74) is 0.887. The highest BCUT2D eigenvalue weighted by atomic mass is 35.5. The van der Waals surface area contributed by atoms with Gasteiger partial charge in [-0.2, -0.15) is 5.10 Å². The van der Waals surface area contributed by atoms with Crippen LogP contribution in [0.25, 0.3) is 32.7 Å². The largest absolute Gasteiger partial charge is 0.382 e. The Morgan fingerprint density at radius 2 is 1.87 bits per heavy atom. The molecule has 4 aromatic heterocycles. The van der Waals surface area contributed by atoms with E-state index in [0.29, 0.717) is 27.1 Å². The summed E-state index contributed by atoms with van der Waals surface area (Å²) < 4.78 is 54.9. The van der Waals surface area contributed by atoms with Crippen molar-refractivity contribution >= 4 is 53.8 Å². The lowest BCUT2D eigenvalue weighted by Crippen LogP contribution is -2.26. The summed E-state index contributed by atoms with van der Waals surface area (Å²) in [7, 11) is -5.74. The molecule has 0 radical (unpaired) electrons. The Morgan fingerprint density at radius 3 is 2.51 bits per heavy atom. The summed E-state index contributed by atoms with van der Waals surface area (Å²) in [5, 5.41) is 16.2. The molecule has 0 bridgehead atoms. The van der Waals surface area contributed by atoms with Gasteiger partial charge in [-0.3, -0.25) is 4.68 Å². The predicted molar refractivity (Wildman–Crippen MR) is 149 cm³/mol. The van der Waals surface area contributed by atoms with Gasteiger partial charge >= 0.3 is 0 Å². The van der Waals surface area contributed by atoms with E-state index >= 15 is 0 Å². The highest BCUT2D eigenvalue weighted by Crippen LogP contribution is 2.44. The van der Waals surface area contributed by atoms with Gasteiger partial charge in [0.05, 0.1) is 38.2 Å². The van der Waals surface area contributed by atoms with Crippen molar-refractivity contribution in [2.24, 2.45) is 7.05 Å². The molecule has 1 aromatic carbocycles. The van der Waals surface area contributed by atoms with Crippen LogP contribution in [0.1, 0.15) is 17.0 Å². The molecule has 0 amide bonds. The smallest absolute Gasteiger partial charge is 0.269 e. The van der Waals surface area contributed by atoms with E-state index in [1.54, 1.807) is 54.5 Å². The number of halogens is 1. The van der Waals surface area contributed by atoms with Crippen LogP contribution in [0.2, 0.25) is 5.02 Å². The zero-order valence-electron chi connectivity index (χ0n) is 20.7. The van der Waals surface area contributed by atoms with Crippen molar-refractivity contribution in [2.75, 3.05) is 11.5 Å². The summed E-state index contributed by atoms with van der Waals surface area (Å²) in [6, 6.07) is 8.24. The first kappa shape index (κ1) is 26.1. The third kappa shape index (κ3) is 4.38. The number of aromatic nitrogens is 5. The van der Waals surface area contributed by atoms with Gasteiger partial charge in [0, 0.05) is 42.2 Å². The monoisotopic (exact) mass is 603 g/mol. The molecule has 1 aliphatic heterocycles. The number of rotatable bonds is 5. The molecule has 5 aromatic rings. The molecule has 1 atom stereocenters. The number of hydrogen-bond acceptors (Lipinski definition) is 9. The number of nitrogens with zero attached hydrogens (tertiary/aromatic N) is 5. The van der Waals surface area contributed by atoms with Crippen molar-refractivity contribution < 1.29 is 21.9 Å². The number of aryl methyl sites for hydroxylation is 2. The zero-order chi connectivity index (χ0) is 27.7. The lowest BCUT2D eigenvalue weighted by atomic mass is 10.1. The Hall–Kier alpha value is -3.10. The molecule has 10 nitrogen and oxygen atoms in total. The van der Waals surface area contributed by atoms with Crippen LogP contribution in [0.4, 0.5) is 0 Å². The van der Waals surface area contributed by atoms with E-state index in [9.17, 15) is 21.9 Å². The molecule has 0 spiro atoms. The van der Waals surface area contributed by atoms with Gasteiger partial charge in [0.2, 0.25) is 0 Å². The quantitative estimate of drug-likeness (QED) is 0.320. The molecule has 5 heterocycles. The molecule has 39 heavy (non-hydrogen) atoms. The normalized spacial score (nSPS) is 19.2. The van der Waals surface area contributed by atoms with E-state index < -0.39 is 31.2 Å². The highest BCUT2D eigenvalue weighted by molar-refractivity contribution is 7.91. The van der Waals surface area contributed by atoms with Gasteiger partial charge in [-0.1, -0.05) is 29.3 Å². The number of benzene rings is 1. The van der Waals surface area contributed by atoms with Crippen LogP contribution in [0.3, 0.4) is 0 Å². The summed E-state index contributed by atoms with van der Waals surface area (Å²) in [6.07, 6.45) is 6.22. The van der Waals surface area contributed by atoms with Gasteiger partial charge in [0.1, 0.15) is 10.6 Å². The van der Waals surface area contributed by atoms with E-state index in [0.717, 1.165) is 16.9 Å². The van der Waals surface area contributed by atoms with Crippen molar-refractivity contribution in [3.8, 4) is 21.7 Å². The minimum atomic E-state index is -4.10. The van der Waals surface area contributed by atoms with Gasteiger partial charge < -0.3 is 5.11 Å². The first-order valence-corrected chi connectivity index (χ1v) is 16.2. The van der Waals surface area contributed by atoms with Crippen molar-refractivity contribution in [1.29, 1.82) is 0 Å². The van der Waals surface area contributed by atoms with Crippen LogP contribution < -0.4 is 0 Å². The molecule has 1 fully saturated rings. The average Bonchev–Trinajstić information content (AvgIpc) is 3.65. The van der Waals surface area contributed by atoms with Gasteiger partial charge in [0.25, 0.3) is 10.0 Å². The fourth-order valence-electron chi connectivity index (χ4n) is 4.77. The molecule has 1 saturated heterocycles. The first-order chi connectivity index (χ1) is 18.4. The SMILES string of the molecule is Cc1ccc(S(=O)(=O)n2c(-c3cnn(C)c3)cc3c(-c4cnc(C5(O)CCS(=O)(=O)C5)s4)c(Cl)cnc32)cc1. The minimum Gasteiger partial charge on any atom is -0.382 e. The van der Waals surface area contributed by atoms with Crippen molar-refractivity contribution in [3.05, 3.63) is 70.7 Å². The maximum Gasteiger partial charge on any atom is 0.269 e. The number of pyridine rings is 1. The first-order valence-electron chi connectivity index (χ1n) is 11.8. The molecule has 0 aliphatic carbocycles. The summed E-state index contributed by atoms with van der Waals surface area (Å²) >= 11 is 7.75. The maximum atomic E-state index is 14.0. The second-order valence-electron chi connectivity index (χ2n) is 9.64. The second kappa shape index (κ2) is 8.96. The third-order valence-corrected chi connectivity index (χ3v) is 11.7. The third-order valence-electron chi connectivity index (χ3n) is 6.74. The number of fused-ring (bicyclic) bond motifs is 1. The fraction of sp³-hybridized carbons (Fsp3) is 0.240. The topological polar surface area (TPSA) is 137 Å².